The molecule has 0 fully saturated rings. The molecule has 1 unspecified atom stereocenters. The van der Waals surface area contributed by atoms with E-state index in [0.717, 1.165) is 12.0 Å². The molecule has 110 valence electrons. The molecule has 0 amide bonds. The van der Waals surface area contributed by atoms with Gasteiger partial charge in [-0.05, 0) is 40.1 Å². The molecular weight excluding hydrogens is 363 g/mol. The molecule has 0 bridgehead atoms. The number of methoxy groups -OCH3 is 1. The molecule has 0 N–H and O–H groups in total. The molecule has 1 atom stereocenters. The summed E-state index contributed by atoms with van der Waals surface area (Å²) in [4.78, 5) is 0. The molecule has 0 spiro atoms. The zero-order valence-corrected chi connectivity index (χ0v) is 14.4. The lowest BCUT2D eigenvalue weighted by Crippen LogP contribution is -2.06. The number of hydrogen-bond acceptors (Lipinski definition) is 2. The van der Waals surface area contributed by atoms with Crippen LogP contribution in [-0.4, -0.2) is 13.9 Å². The highest BCUT2D eigenvalue weighted by molar-refractivity contribution is 14.1. The summed E-state index contributed by atoms with van der Waals surface area (Å²) in [5.74, 6) is 0. The van der Waals surface area contributed by atoms with Crippen molar-refractivity contribution < 1.29 is 9.47 Å². The summed E-state index contributed by atoms with van der Waals surface area (Å²) in [5, 5.41) is 0. The van der Waals surface area contributed by atoms with E-state index in [2.05, 4.69) is 60.4 Å². The zero-order valence-electron chi connectivity index (χ0n) is 12.3. The van der Waals surface area contributed by atoms with Crippen molar-refractivity contribution in [2.24, 2.45) is 0 Å². The van der Waals surface area contributed by atoms with Crippen molar-refractivity contribution >= 4 is 26.2 Å². The second kappa shape index (κ2) is 10.1. The number of benzene rings is 1. The first-order chi connectivity index (χ1) is 9.74. The van der Waals surface area contributed by atoms with Gasteiger partial charge in [-0.1, -0.05) is 56.2 Å². The summed E-state index contributed by atoms with van der Waals surface area (Å²) in [7, 11) is 1.63. The molecule has 2 nitrogen and oxygen atoms in total. The molecule has 1 aromatic carbocycles. The monoisotopic (exact) mass is 386 g/mol. The first kappa shape index (κ1) is 17.4. The fourth-order valence-electron chi connectivity index (χ4n) is 1.93. The Labute approximate surface area is 136 Å². The van der Waals surface area contributed by atoms with Gasteiger partial charge in [0.1, 0.15) is 12.9 Å². The lowest BCUT2D eigenvalue weighted by molar-refractivity contribution is -0.0566. The van der Waals surface area contributed by atoms with E-state index in [1.165, 1.54) is 22.0 Å². The Morgan fingerprint density at radius 3 is 2.80 bits per heavy atom. The van der Waals surface area contributed by atoms with Gasteiger partial charge in [-0.25, -0.2) is 0 Å². The van der Waals surface area contributed by atoms with Crippen LogP contribution in [0, 0.1) is 0 Å². The molecule has 0 radical (unpaired) electrons. The molecule has 1 aromatic rings. The second-order valence-electron chi connectivity index (χ2n) is 4.51. The van der Waals surface area contributed by atoms with Gasteiger partial charge in [-0.2, -0.15) is 0 Å². The highest BCUT2D eigenvalue weighted by atomic mass is 127. The Morgan fingerprint density at radius 1 is 1.40 bits per heavy atom. The summed E-state index contributed by atoms with van der Waals surface area (Å²) >= 11 is 2.40. The third-order valence-electron chi connectivity index (χ3n) is 2.99. The molecule has 1 rings (SSSR count). The average Bonchev–Trinajstić information content (AvgIpc) is 2.48. The van der Waals surface area contributed by atoms with Gasteiger partial charge < -0.3 is 9.47 Å². The van der Waals surface area contributed by atoms with Crippen LogP contribution in [-0.2, 0) is 9.47 Å². The molecule has 20 heavy (non-hydrogen) atoms. The van der Waals surface area contributed by atoms with E-state index >= 15 is 0 Å². The highest BCUT2D eigenvalue weighted by Crippen LogP contribution is 2.31. The summed E-state index contributed by atoms with van der Waals surface area (Å²) in [6.07, 6.45) is 7.51. The number of halogens is 1. The first-order valence-corrected chi connectivity index (χ1v) is 8.00. The van der Waals surface area contributed by atoms with Gasteiger partial charge in [0.2, 0.25) is 0 Å². The van der Waals surface area contributed by atoms with Crippen molar-refractivity contribution in [3.63, 3.8) is 0 Å². The summed E-state index contributed by atoms with van der Waals surface area (Å²) in [6.45, 7) is 6.34. The van der Waals surface area contributed by atoms with Gasteiger partial charge in [0.25, 0.3) is 0 Å². The van der Waals surface area contributed by atoms with Crippen LogP contribution in [0.15, 0.2) is 43.0 Å². The highest BCUT2D eigenvalue weighted by Gasteiger charge is 2.13. The Kier molecular flexibility index (Phi) is 8.82. The van der Waals surface area contributed by atoms with E-state index in [-0.39, 0.29) is 12.9 Å². The van der Waals surface area contributed by atoms with Crippen LogP contribution in [0.2, 0.25) is 0 Å². The SMILES string of the molecule is C=CC(OCOC)c1ccccc1/C(I)=C/CCCC. The van der Waals surface area contributed by atoms with Crippen LogP contribution < -0.4 is 0 Å². The van der Waals surface area contributed by atoms with E-state index in [9.17, 15) is 0 Å². The molecule has 0 heterocycles. The minimum absolute atomic E-state index is 0.143. The van der Waals surface area contributed by atoms with Crippen LogP contribution >= 0.6 is 22.6 Å². The number of unbranched alkanes of at least 4 members (excludes halogenated alkanes) is 2. The predicted octanol–water partition coefficient (Wildman–Crippen LogP) is 5.50. The number of ether oxygens (including phenoxy) is 2. The minimum Gasteiger partial charge on any atom is -0.359 e. The molecule has 0 saturated heterocycles. The number of hydrogen-bond donors (Lipinski definition) is 0. The van der Waals surface area contributed by atoms with Crippen molar-refractivity contribution in [2.45, 2.75) is 32.3 Å². The van der Waals surface area contributed by atoms with Crippen LogP contribution in [0.25, 0.3) is 3.58 Å². The molecule has 0 aliphatic rings. The predicted molar refractivity (Wildman–Crippen MR) is 93.9 cm³/mol. The van der Waals surface area contributed by atoms with E-state index in [4.69, 9.17) is 9.47 Å². The first-order valence-electron chi connectivity index (χ1n) is 6.92. The summed E-state index contributed by atoms with van der Waals surface area (Å²) < 4.78 is 11.9. The van der Waals surface area contributed by atoms with E-state index in [1.807, 2.05) is 12.1 Å². The molecule has 0 aromatic heterocycles. The summed E-state index contributed by atoms with van der Waals surface area (Å²) in [6, 6.07) is 8.30. The minimum atomic E-state index is -0.143. The Balaban J connectivity index is 2.96. The Bertz CT molecular complexity index is 440. The second-order valence-corrected chi connectivity index (χ2v) is 5.67. The van der Waals surface area contributed by atoms with Crippen LogP contribution in [0.3, 0.4) is 0 Å². The van der Waals surface area contributed by atoms with Crippen LogP contribution in [0.1, 0.15) is 43.4 Å². The van der Waals surface area contributed by atoms with E-state index < -0.39 is 0 Å². The largest absolute Gasteiger partial charge is 0.359 e. The van der Waals surface area contributed by atoms with E-state index in [1.54, 1.807) is 7.11 Å². The maximum Gasteiger partial charge on any atom is 0.147 e. The van der Waals surface area contributed by atoms with Crippen molar-refractivity contribution in [3.8, 4) is 0 Å². The third kappa shape index (κ3) is 5.38. The van der Waals surface area contributed by atoms with Gasteiger partial charge >= 0.3 is 0 Å². The Morgan fingerprint density at radius 2 is 2.15 bits per heavy atom. The smallest absolute Gasteiger partial charge is 0.147 e. The van der Waals surface area contributed by atoms with Crippen molar-refractivity contribution in [1.82, 2.24) is 0 Å². The fourth-order valence-corrected chi connectivity index (χ4v) is 2.73. The van der Waals surface area contributed by atoms with E-state index in [0.29, 0.717) is 0 Å². The summed E-state index contributed by atoms with van der Waals surface area (Å²) in [5.41, 5.74) is 2.35. The van der Waals surface area contributed by atoms with Crippen LogP contribution in [0.4, 0.5) is 0 Å². The normalized spacial score (nSPS) is 13.2. The van der Waals surface area contributed by atoms with Crippen molar-refractivity contribution in [3.05, 3.63) is 54.1 Å². The molecule has 0 saturated carbocycles. The van der Waals surface area contributed by atoms with Crippen LogP contribution in [0.5, 0.6) is 0 Å². The fraction of sp³-hybridized carbons (Fsp3) is 0.412. The quantitative estimate of drug-likeness (QED) is 0.242. The molecule has 0 aliphatic carbocycles. The van der Waals surface area contributed by atoms with Crippen molar-refractivity contribution in [2.75, 3.05) is 13.9 Å². The Hall–Kier alpha value is -0.650. The van der Waals surface area contributed by atoms with Crippen molar-refractivity contribution in [1.29, 1.82) is 0 Å². The number of allylic oxidation sites excluding steroid dienone is 1. The maximum absolute atomic E-state index is 5.67. The topological polar surface area (TPSA) is 18.5 Å². The van der Waals surface area contributed by atoms with Gasteiger partial charge in [-0.15, -0.1) is 6.58 Å². The lowest BCUT2D eigenvalue weighted by Gasteiger charge is -2.17. The maximum atomic E-state index is 5.67. The average molecular weight is 386 g/mol. The molecule has 3 heteroatoms. The lowest BCUT2D eigenvalue weighted by atomic mass is 10.0. The molecule has 0 aliphatic heterocycles. The van der Waals surface area contributed by atoms with Gasteiger partial charge in [-0.3, -0.25) is 0 Å². The number of rotatable bonds is 9. The van der Waals surface area contributed by atoms with Gasteiger partial charge in [0, 0.05) is 10.7 Å². The third-order valence-corrected chi connectivity index (χ3v) is 4.01. The standard InChI is InChI=1S/C17H23IO2/c1-4-6-7-12-16(18)14-10-8-9-11-15(14)17(5-2)20-13-19-3/h5,8-12,17H,2,4,6-7,13H2,1,3H3/b16-12-. The molecular formula is C17H23IO2. The van der Waals surface area contributed by atoms with Gasteiger partial charge in [0.05, 0.1) is 0 Å². The van der Waals surface area contributed by atoms with Gasteiger partial charge in [0.15, 0.2) is 0 Å². The zero-order chi connectivity index (χ0) is 14.8.